The second kappa shape index (κ2) is 8.85. The van der Waals surface area contributed by atoms with Crippen LogP contribution in [-0.2, 0) is 4.79 Å². The number of allylic oxidation sites excluding steroid dienone is 1. The molecule has 0 unspecified atom stereocenters. The molecular weight excluding hydrogens is 362 g/mol. The van der Waals surface area contributed by atoms with Gasteiger partial charge in [0.1, 0.15) is 11.4 Å². The summed E-state index contributed by atoms with van der Waals surface area (Å²) in [5, 5.41) is 2.94. The summed E-state index contributed by atoms with van der Waals surface area (Å²) < 4.78 is 9.66. The first-order chi connectivity index (χ1) is 13.1. The van der Waals surface area contributed by atoms with Gasteiger partial charge in [-0.05, 0) is 43.0 Å². The van der Waals surface area contributed by atoms with Crippen LogP contribution in [0.2, 0.25) is 0 Å². The van der Waals surface area contributed by atoms with Crippen molar-refractivity contribution >= 4 is 35.5 Å². The molecule has 0 aromatic carbocycles. The number of rotatable bonds is 5. The normalized spacial score (nSPS) is 19.2. The van der Waals surface area contributed by atoms with Gasteiger partial charge in [-0.25, -0.2) is 9.38 Å². The van der Waals surface area contributed by atoms with Crippen LogP contribution in [0.3, 0.4) is 0 Å². The number of ether oxygens (including phenoxy) is 1. The van der Waals surface area contributed by atoms with Crippen molar-refractivity contribution in [1.82, 2.24) is 9.88 Å². The Morgan fingerprint density at radius 2 is 2.22 bits per heavy atom. The smallest absolute Gasteiger partial charge is 0.237 e. The SMILES string of the molecule is C=C1N=CC=C(N2CCC(C(=O)Nc3cccnc3OC)CC2)/C1=N/SC. The fourth-order valence-electron chi connectivity index (χ4n) is 3.20. The molecule has 3 heterocycles. The zero-order chi connectivity index (χ0) is 19.2. The van der Waals surface area contributed by atoms with Gasteiger partial charge in [0.2, 0.25) is 11.8 Å². The van der Waals surface area contributed by atoms with Gasteiger partial charge in [0.05, 0.1) is 18.5 Å². The Morgan fingerprint density at radius 1 is 1.44 bits per heavy atom. The number of aromatic nitrogens is 1. The number of piperidine rings is 1. The summed E-state index contributed by atoms with van der Waals surface area (Å²) in [5.41, 5.74) is 3.11. The molecule has 27 heavy (non-hydrogen) atoms. The third-order valence-corrected chi connectivity index (χ3v) is 4.96. The van der Waals surface area contributed by atoms with Crippen LogP contribution in [0.1, 0.15) is 12.8 Å². The number of likely N-dealkylation sites (tertiary alicyclic amines) is 1. The Kier molecular flexibility index (Phi) is 6.28. The molecule has 0 bridgehead atoms. The topological polar surface area (TPSA) is 79.2 Å². The van der Waals surface area contributed by atoms with Gasteiger partial charge in [-0.15, -0.1) is 0 Å². The number of pyridine rings is 1. The van der Waals surface area contributed by atoms with Crippen LogP contribution in [-0.4, -0.2) is 54.2 Å². The highest BCUT2D eigenvalue weighted by Gasteiger charge is 2.29. The van der Waals surface area contributed by atoms with E-state index < -0.39 is 0 Å². The van der Waals surface area contributed by atoms with Crippen LogP contribution >= 0.6 is 11.9 Å². The molecule has 0 saturated carbocycles. The maximum atomic E-state index is 12.6. The quantitative estimate of drug-likeness (QED) is 0.789. The Balaban J connectivity index is 1.62. The first-order valence-corrected chi connectivity index (χ1v) is 9.92. The molecule has 0 radical (unpaired) electrons. The predicted octanol–water partition coefficient (Wildman–Crippen LogP) is 2.94. The van der Waals surface area contributed by atoms with E-state index in [0.717, 1.165) is 37.3 Å². The second-order valence-electron chi connectivity index (χ2n) is 6.21. The number of hydrogen-bond donors (Lipinski definition) is 1. The molecule has 1 aromatic rings. The molecule has 3 rings (SSSR count). The lowest BCUT2D eigenvalue weighted by molar-refractivity contribution is -0.121. The number of carbonyl (C=O) groups excluding carboxylic acids is 1. The second-order valence-corrected chi connectivity index (χ2v) is 6.76. The molecule has 142 valence electrons. The van der Waals surface area contributed by atoms with Crippen molar-refractivity contribution in [2.45, 2.75) is 12.8 Å². The number of nitrogens with one attached hydrogen (secondary N) is 1. The zero-order valence-corrected chi connectivity index (χ0v) is 16.3. The summed E-state index contributed by atoms with van der Waals surface area (Å²) in [6.45, 7) is 5.53. The molecule has 1 fully saturated rings. The highest BCUT2D eigenvalue weighted by atomic mass is 32.2. The molecule has 0 atom stereocenters. The molecule has 1 amide bonds. The lowest BCUT2D eigenvalue weighted by Gasteiger charge is -2.35. The number of amides is 1. The molecular formula is C19H23N5O2S. The van der Waals surface area contributed by atoms with Gasteiger partial charge in [0.25, 0.3) is 0 Å². The van der Waals surface area contributed by atoms with Gasteiger partial charge in [-0.2, -0.15) is 0 Å². The van der Waals surface area contributed by atoms with Gasteiger partial charge in [-0.3, -0.25) is 9.79 Å². The summed E-state index contributed by atoms with van der Waals surface area (Å²) in [7, 11) is 1.54. The van der Waals surface area contributed by atoms with Crippen LogP contribution in [0.4, 0.5) is 5.69 Å². The number of anilines is 1. The van der Waals surface area contributed by atoms with Crippen molar-refractivity contribution in [2.24, 2.45) is 15.3 Å². The van der Waals surface area contributed by atoms with Crippen LogP contribution < -0.4 is 10.1 Å². The minimum atomic E-state index is -0.0480. The Morgan fingerprint density at radius 3 is 2.93 bits per heavy atom. The van der Waals surface area contributed by atoms with Gasteiger partial charge in [0, 0.05) is 37.7 Å². The number of methoxy groups -OCH3 is 1. The largest absolute Gasteiger partial charge is 0.480 e. The van der Waals surface area contributed by atoms with E-state index in [0.29, 0.717) is 17.3 Å². The third-order valence-electron chi connectivity index (χ3n) is 4.59. The van der Waals surface area contributed by atoms with Crippen molar-refractivity contribution in [1.29, 1.82) is 0 Å². The molecule has 0 spiro atoms. The minimum Gasteiger partial charge on any atom is -0.480 e. The van der Waals surface area contributed by atoms with E-state index in [9.17, 15) is 4.79 Å². The van der Waals surface area contributed by atoms with Crippen LogP contribution in [0.5, 0.6) is 5.88 Å². The maximum absolute atomic E-state index is 12.6. The highest BCUT2D eigenvalue weighted by molar-refractivity contribution is 7.97. The Bertz CT molecular complexity index is 810. The molecule has 2 aliphatic rings. The first kappa shape index (κ1) is 19.2. The highest BCUT2D eigenvalue weighted by Crippen LogP contribution is 2.27. The molecule has 1 saturated heterocycles. The van der Waals surface area contributed by atoms with E-state index >= 15 is 0 Å². The van der Waals surface area contributed by atoms with Crippen LogP contribution in [0, 0.1) is 5.92 Å². The van der Waals surface area contributed by atoms with Gasteiger partial charge >= 0.3 is 0 Å². The molecule has 1 aromatic heterocycles. The maximum Gasteiger partial charge on any atom is 0.237 e. The Hall–Kier alpha value is -2.61. The average molecular weight is 385 g/mol. The Labute approximate surface area is 163 Å². The average Bonchev–Trinajstić information content (AvgIpc) is 2.70. The van der Waals surface area contributed by atoms with Crippen molar-refractivity contribution < 1.29 is 9.53 Å². The molecule has 1 N–H and O–H groups in total. The van der Waals surface area contributed by atoms with E-state index in [1.807, 2.05) is 12.3 Å². The molecule has 7 nitrogen and oxygen atoms in total. The number of hydrogen-bond acceptors (Lipinski definition) is 7. The van der Waals surface area contributed by atoms with Crippen LogP contribution in [0.15, 0.2) is 51.8 Å². The van der Waals surface area contributed by atoms with Gasteiger partial charge in [0.15, 0.2) is 0 Å². The molecule has 2 aliphatic heterocycles. The van der Waals surface area contributed by atoms with Crippen molar-refractivity contribution in [3.63, 3.8) is 0 Å². The standard InChI is InChI=1S/C19H23N5O2S/c1-13-17(23-27-3)16(6-10-20-13)24-11-7-14(8-12-24)18(25)22-15-5-4-9-21-19(15)26-2/h4-6,9-10,14H,1,7-8,11-12H2,2-3H3,(H,22,25)/b23-17+. The van der Waals surface area contributed by atoms with Crippen LogP contribution in [0.25, 0.3) is 0 Å². The zero-order valence-electron chi connectivity index (χ0n) is 15.5. The molecule has 0 aliphatic carbocycles. The monoisotopic (exact) mass is 385 g/mol. The lowest BCUT2D eigenvalue weighted by Crippen LogP contribution is -2.40. The molecule has 8 heteroatoms. The lowest BCUT2D eigenvalue weighted by atomic mass is 9.94. The van der Waals surface area contributed by atoms with E-state index in [1.54, 1.807) is 31.7 Å². The predicted molar refractivity (Wildman–Crippen MR) is 110 cm³/mol. The summed E-state index contributed by atoms with van der Waals surface area (Å²) in [4.78, 5) is 23.2. The van der Waals surface area contributed by atoms with Gasteiger partial charge < -0.3 is 15.0 Å². The van der Waals surface area contributed by atoms with Crippen molar-refractivity contribution in [3.8, 4) is 5.88 Å². The number of carbonyl (C=O) groups is 1. The number of aliphatic imine (C=N–C) groups is 1. The summed E-state index contributed by atoms with van der Waals surface area (Å²) >= 11 is 1.39. The first-order valence-electron chi connectivity index (χ1n) is 8.74. The van der Waals surface area contributed by atoms with E-state index in [-0.39, 0.29) is 11.8 Å². The fraction of sp³-hybridized carbons (Fsp3) is 0.368. The van der Waals surface area contributed by atoms with Gasteiger partial charge in [-0.1, -0.05) is 6.58 Å². The minimum absolute atomic E-state index is 0.00236. The third kappa shape index (κ3) is 4.39. The summed E-state index contributed by atoms with van der Waals surface area (Å²) in [6.07, 6.45) is 8.80. The van der Waals surface area contributed by atoms with E-state index in [4.69, 9.17) is 4.74 Å². The van der Waals surface area contributed by atoms with Crippen molar-refractivity contribution in [2.75, 3.05) is 31.8 Å². The summed E-state index contributed by atoms with van der Waals surface area (Å²) in [6, 6.07) is 3.57. The van der Waals surface area contributed by atoms with E-state index in [1.165, 1.54) is 11.9 Å². The number of dihydropyridines is 1. The number of nitrogens with zero attached hydrogens (tertiary/aromatic N) is 4. The fourth-order valence-corrected chi connectivity index (χ4v) is 3.58. The van der Waals surface area contributed by atoms with E-state index in [2.05, 4.69) is 31.2 Å². The summed E-state index contributed by atoms with van der Waals surface area (Å²) in [5.74, 6) is 0.377. The van der Waals surface area contributed by atoms with Crippen molar-refractivity contribution in [3.05, 3.63) is 42.4 Å².